The van der Waals surface area contributed by atoms with Crippen LogP contribution in [0.4, 0.5) is 0 Å². The first-order valence-electron chi connectivity index (χ1n) is 3.02. The van der Waals surface area contributed by atoms with Crippen LogP contribution in [0.3, 0.4) is 0 Å². The average Bonchev–Trinajstić information content (AvgIpc) is 1.86. The van der Waals surface area contributed by atoms with Crippen molar-refractivity contribution in [3.63, 3.8) is 0 Å². The Hall–Kier alpha value is 1.82. The van der Waals surface area contributed by atoms with E-state index < -0.39 is 20.2 Å². The smallest absolute Gasteiger partial charge is 0.264 e. The van der Waals surface area contributed by atoms with Crippen LogP contribution in [0.1, 0.15) is 13.8 Å². The Bertz CT molecular complexity index is 262. The molecule has 0 saturated carbocycles. The van der Waals surface area contributed by atoms with Crippen LogP contribution in [-0.4, -0.2) is 96.6 Å². The van der Waals surface area contributed by atoms with E-state index in [0.29, 0.717) is 0 Å². The molecule has 0 aromatic heterocycles. The topological polar surface area (TPSA) is 109 Å². The fraction of sp³-hybridized carbons (Fsp3) is 1.00. The molecule has 0 saturated heterocycles. The second-order valence-corrected chi connectivity index (χ2v) is 5.22. The predicted octanol–water partition coefficient (Wildman–Crippen LogP) is -0.973. The van der Waals surface area contributed by atoms with E-state index in [2.05, 4.69) is 0 Å². The van der Waals surface area contributed by atoms with Crippen molar-refractivity contribution < 1.29 is 25.9 Å². The molecule has 0 aromatic carbocycles. The van der Waals surface area contributed by atoms with Crippen LogP contribution >= 0.6 is 0 Å². The molecule has 0 bridgehead atoms. The zero-order valence-corrected chi connectivity index (χ0v) is 14.4. The first-order valence-corrected chi connectivity index (χ1v) is 6.24. The van der Waals surface area contributed by atoms with E-state index in [1.807, 2.05) is 0 Å². The second kappa shape index (κ2) is 11.3. The summed E-state index contributed by atoms with van der Waals surface area (Å²) >= 11 is 0. The molecule has 10 heteroatoms. The Morgan fingerprint density at radius 2 is 0.857 bits per heavy atom. The number of hydrogen-bond acceptors (Lipinski definition) is 4. The maximum atomic E-state index is 9.56. The molecule has 2 N–H and O–H groups in total. The van der Waals surface area contributed by atoms with E-state index in [1.54, 1.807) is 0 Å². The molecular weight excluding hydrogens is 254 g/mol. The summed E-state index contributed by atoms with van der Waals surface area (Å²) in [5.41, 5.74) is 0. The molecule has 14 heavy (non-hydrogen) atoms. The Labute approximate surface area is 129 Å². The van der Waals surface area contributed by atoms with Crippen molar-refractivity contribution >= 4 is 79.4 Å². The van der Waals surface area contributed by atoms with Crippen LogP contribution in [0.2, 0.25) is 0 Å². The zero-order chi connectivity index (χ0) is 10.4. The minimum atomic E-state index is -3.66. The number of rotatable bonds is 2. The van der Waals surface area contributed by atoms with E-state index in [-0.39, 0.29) is 70.6 Å². The van der Waals surface area contributed by atoms with Crippen molar-refractivity contribution in [2.45, 2.75) is 13.8 Å². The third kappa shape index (κ3) is 37.1. The molecular formula is C4H12Na2O6S2. The normalized spacial score (nSPS) is 10.0. The summed E-state index contributed by atoms with van der Waals surface area (Å²) in [6.07, 6.45) is 0. The van der Waals surface area contributed by atoms with E-state index >= 15 is 0 Å². The van der Waals surface area contributed by atoms with Crippen molar-refractivity contribution in [1.82, 2.24) is 0 Å². The van der Waals surface area contributed by atoms with Gasteiger partial charge >= 0.3 is 0 Å². The molecule has 0 heterocycles. The second-order valence-electron chi connectivity index (χ2n) is 1.74. The Kier molecular flexibility index (Phi) is 20.1. The third-order valence-corrected chi connectivity index (χ3v) is 2.19. The van der Waals surface area contributed by atoms with Gasteiger partial charge in [0.1, 0.15) is 0 Å². The van der Waals surface area contributed by atoms with Gasteiger partial charge in [-0.25, -0.2) is 0 Å². The standard InChI is InChI=1S/2C2H6O3S.2Na/c2*1-2-6(3,4)5;;/h2*2H2,1H3,(H,3,4,5);;. The van der Waals surface area contributed by atoms with Gasteiger partial charge in [0.25, 0.3) is 20.2 Å². The molecule has 78 valence electrons. The van der Waals surface area contributed by atoms with Gasteiger partial charge in [-0.1, -0.05) is 0 Å². The van der Waals surface area contributed by atoms with E-state index in [1.165, 1.54) is 13.8 Å². The van der Waals surface area contributed by atoms with Gasteiger partial charge in [-0.15, -0.1) is 0 Å². The van der Waals surface area contributed by atoms with E-state index in [4.69, 9.17) is 9.11 Å². The van der Waals surface area contributed by atoms with Crippen LogP contribution < -0.4 is 0 Å². The van der Waals surface area contributed by atoms with Gasteiger partial charge in [0.15, 0.2) is 0 Å². The van der Waals surface area contributed by atoms with Gasteiger partial charge in [0.2, 0.25) is 0 Å². The van der Waals surface area contributed by atoms with Gasteiger partial charge in [0.05, 0.1) is 11.5 Å². The quantitative estimate of drug-likeness (QED) is 0.491. The molecule has 0 rings (SSSR count). The molecule has 0 spiro atoms. The summed E-state index contributed by atoms with van der Waals surface area (Å²) in [4.78, 5) is 0. The van der Waals surface area contributed by atoms with Crippen molar-refractivity contribution in [3.05, 3.63) is 0 Å². The minimum Gasteiger partial charge on any atom is -0.286 e. The van der Waals surface area contributed by atoms with Gasteiger partial charge in [-0.3, -0.25) is 9.11 Å². The van der Waals surface area contributed by atoms with Crippen LogP contribution in [0.5, 0.6) is 0 Å². The van der Waals surface area contributed by atoms with Crippen molar-refractivity contribution in [3.8, 4) is 0 Å². The Balaban J connectivity index is -0.0000000625. The summed E-state index contributed by atoms with van der Waals surface area (Å²) in [6, 6.07) is 0. The molecule has 0 amide bonds. The van der Waals surface area contributed by atoms with E-state index in [0.717, 1.165) is 0 Å². The average molecular weight is 266 g/mol. The predicted molar refractivity (Wildman–Crippen MR) is 55.7 cm³/mol. The fourth-order valence-electron chi connectivity index (χ4n) is 0. The van der Waals surface area contributed by atoms with E-state index in [9.17, 15) is 16.8 Å². The van der Waals surface area contributed by atoms with Crippen LogP contribution in [-0.2, 0) is 20.2 Å². The van der Waals surface area contributed by atoms with Gasteiger partial charge in [0, 0.05) is 59.1 Å². The summed E-state index contributed by atoms with van der Waals surface area (Å²) in [5, 5.41) is 0. The van der Waals surface area contributed by atoms with Gasteiger partial charge in [-0.2, -0.15) is 16.8 Å². The van der Waals surface area contributed by atoms with Crippen molar-refractivity contribution in [2.75, 3.05) is 11.5 Å². The van der Waals surface area contributed by atoms with Crippen LogP contribution in [0.15, 0.2) is 0 Å². The molecule has 0 aliphatic heterocycles. The van der Waals surface area contributed by atoms with Crippen molar-refractivity contribution in [2.24, 2.45) is 0 Å². The molecule has 0 atom stereocenters. The zero-order valence-electron chi connectivity index (χ0n) is 8.76. The molecule has 0 unspecified atom stereocenters. The molecule has 0 aliphatic rings. The first kappa shape index (κ1) is 24.9. The maximum Gasteiger partial charge on any atom is 0.264 e. The Morgan fingerprint density at radius 1 is 0.786 bits per heavy atom. The third-order valence-electron chi connectivity index (χ3n) is 0.730. The molecule has 0 aliphatic carbocycles. The fourth-order valence-corrected chi connectivity index (χ4v) is 0. The van der Waals surface area contributed by atoms with Crippen LogP contribution in [0, 0.1) is 0 Å². The molecule has 0 fully saturated rings. The summed E-state index contributed by atoms with van der Waals surface area (Å²) in [7, 11) is -7.32. The van der Waals surface area contributed by atoms with Gasteiger partial charge in [-0.05, 0) is 13.8 Å². The molecule has 2 radical (unpaired) electrons. The SMILES string of the molecule is CCS(=O)(=O)O.CCS(=O)(=O)O.[Na].[Na]. The largest absolute Gasteiger partial charge is 0.286 e. The van der Waals surface area contributed by atoms with Gasteiger partial charge < -0.3 is 0 Å². The molecule has 6 nitrogen and oxygen atoms in total. The summed E-state index contributed by atoms with van der Waals surface area (Å²) < 4.78 is 53.8. The summed E-state index contributed by atoms with van der Waals surface area (Å²) in [5.74, 6) is -0.403. The molecule has 0 aromatic rings. The maximum absolute atomic E-state index is 9.56. The number of hydrogen-bond donors (Lipinski definition) is 2. The van der Waals surface area contributed by atoms with Crippen molar-refractivity contribution in [1.29, 1.82) is 0 Å². The minimum absolute atomic E-state index is 0. The monoisotopic (exact) mass is 266 g/mol. The Morgan fingerprint density at radius 3 is 0.857 bits per heavy atom. The summed E-state index contributed by atoms with van der Waals surface area (Å²) in [6.45, 7) is 2.74. The first-order chi connectivity index (χ1) is 5.12. The van der Waals surface area contributed by atoms with Crippen LogP contribution in [0.25, 0.3) is 0 Å².